The number of hydrogen-bond acceptors (Lipinski definition) is 4. The number of carbonyl (C=O) groups is 1. The molecular weight excluding hydrogens is 419 g/mol. The van der Waals surface area contributed by atoms with Gasteiger partial charge in [0, 0.05) is 36.6 Å². The maximum Gasteiger partial charge on any atom is 0.272 e. The Balaban J connectivity index is 1.17. The molecule has 33 heavy (non-hydrogen) atoms. The number of ether oxygens (including phenoxy) is 1. The van der Waals surface area contributed by atoms with Gasteiger partial charge in [-0.25, -0.2) is 4.39 Å². The van der Waals surface area contributed by atoms with Gasteiger partial charge < -0.3 is 10.1 Å². The molecule has 1 aliphatic carbocycles. The molecule has 172 valence electrons. The summed E-state index contributed by atoms with van der Waals surface area (Å²) >= 11 is 0. The van der Waals surface area contributed by atoms with Gasteiger partial charge in [0.15, 0.2) is 5.69 Å². The minimum atomic E-state index is -0.204. The highest BCUT2D eigenvalue weighted by atomic mass is 19.1. The highest BCUT2D eigenvalue weighted by Gasteiger charge is 2.39. The zero-order chi connectivity index (χ0) is 22.4. The Morgan fingerprint density at radius 3 is 2.64 bits per heavy atom. The number of halogens is 1. The summed E-state index contributed by atoms with van der Waals surface area (Å²) in [6.07, 6.45) is 4.13. The molecule has 1 N–H and O–H groups in total. The van der Waals surface area contributed by atoms with Crippen LogP contribution in [0.25, 0.3) is 10.9 Å². The zero-order valence-electron chi connectivity index (χ0n) is 18.6. The summed E-state index contributed by atoms with van der Waals surface area (Å²) in [7, 11) is 0. The van der Waals surface area contributed by atoms with Crippen LogP contribution >= 0.6 is 0 Å². The first-order valence-corrected chi connectivity index (χ1v) is 12.0. The van der Waals surface area contributed by atoms with Crippen LogP contribution in [-0.2, 0) is 17.8 Å². The molecule has 0 spiro atoms. The van der Waals surface area contributed by atoms with Crippen LogP contribution in [0.2, 0.25) is 0 Å². The molecule has 2 bridgehead atoms. The number of nitrogens with zero attached hydrogens (tertiary/aromatic N) is 3. The minimum Gasteiger partial charge on any atom is -0.378 e. The lowest BCUT2D eigenvalue weighted by Gasteiger charge is -2.48. The fourth-order valence-electron chi connectivity index (χ4n) is 5.44. The number of carbonyl (C=O) groups excluding carboxylic acids is 1. The molecule has 3 atom stereocenters. The fraction of sp³-hybridized carbons (Fsp3) is 0.462. The van der Waals surface area contributed by atoms with E-state index in [-0.39, 0.29) is 29.8 Å². The normalized spacial score (nSPS) is 25.3. The standard InChI is InChI=1S/C26H29FN4O2/c27-19-5-3-4-18(10-19)13-30-21-11-20(12-22(30)16-33-15-21)28-26(32)25-23-6-1-2-7-24(23)31(29-25)14-17-8-9-17/h1-7,10,17,20-22H,8-9,11-16H2,(H,28,32)/t20-,21-,22+. The van der Waals surface area contributed by atoms with E-state index in [0.717, 1.165) is 35.9 Å². The molecule has 6 nitrogen and oxygen atoms in total. The SMILES string of the molecule is O=C(N[C@H]1C[C@H]2COC[C@@H](C1)N2Cc1cccc(F)c1)c1nn(CC2CC2)c2ccccc12. The number of rotatable bonds is 6. The third-order valence-electron chi connectivity index (χ3n) is 7.26. The van der Waals surface area contributed by atoms with Crippen LogP contribution in [0.1, 0.15) is 41.7 Å². The number of hydrogen-bond donors (Lipinski definition) is 1. The minimum absolute atomic E-state index is 0.0764. The second kappa shape index (κ2) is 8.54. The molecular formula is C26H29FN4O2. The van der Waals surface area contributed by atoms with E-state index in [1.807, 2.05) is 35.0 Å². The average molecular weight is 449 g/mol. The van der Waals surface area contributed by atoms with Crippen LogP contribution in [0.15, 0.2) is 48.5 Å². The number of para-hydroxylation sites is 1. The number of piperidine rings is 1. The van der Waals surface area contributed by atoms with Crippen LogP contribution < -0.4 is 5.32 Å². The highest BCUT2D eigenvalue weighted by molar-refractivity contribution is 6.05. The number of morpholine rings is 1. The lowest BCUT2D eigenvalue weighted by molar-refractivity contribution is -0.0843. The summed E-state index contributed by atoms with van der Waals surface area (Å²) < 4.78 is 21.5. The van der Waals surface area contributed by atoms with Crippen LogP contribution in [0.5, 0.6) is 0 Å². The molecule has 0 radical (unpaired) electrons. The summed E-state index contributed by atoms with van der Waals surface area (Å²) in [5.41, 5.74) is 2.53. The van der Waals surface area contributed by atoms with Gasteiger partial charge in [0.1, 0.15) is 5.82 Å². The van der Waals surface area contributed by atoms with Crippen molar-refractivity contribution in [2.24, 2.45) is 5.92 Å². The molecule has 2 aromatic carbocycles. The fourth-order valence-corrected chi connectivity index (χ4v) is 5.44. The number of nitrogens with one attached hydrogen (secondary N) is 1. The van der Waals surface area contributed by atoms with Crippen molar-refractivity contribution in [1.29, 1.82) is 0 Å². The van der Waals surface area contributed by atoms with E-state index in [0.29, 0.717) is 31.4 Å². The van der Waals surface area contributed by atoms with Gasteiger partial charge in [0.2, 0.25) is 0 Å². The first-order chi connectivity index (χ1) is 16.1. The largest absolute Gasteiger partial charge is 0.378 e. The lowest BCUT2D eigenvalue weighted by atomic mass is 9.89. The zero-order valence-corrected chi connectivity index (χ0v) is 18.6. The predicted octanol–water partition coefficient (Wildman–Crippen LogP) is 3.75. The Labute approximate surface area is 192 Å². The quantitative estimate of drug-likeness (QED) is 0.624. The maximum atomic E-state index is 13.7. The van der Waals surface area contributed by atoms with Crippen molar-refractivity contribution in [2.75, 3.05) is 13.2 Å². The van der Waals surface area contributed by atoms with Gasteiger partial charge in [0.05, 0.1) is 18.7 Å². The molecule has 3 aliphatic rings. The molecule has 2 saturated heterocycles. The van der Waals surface area contributed by atoms with Gasteiger partial charge in [-0.2, -0.15) is 5.10 Å². The lowest BCUT2D eigenvalue weighted by Crippen LogP contribution is -2.60. The maximum absolute atomic E-state index is 13.7. The van der Waals surface area contributed by atoms with Crippen molar-refractivity contribution >= 4 is 16.8 Å². The van der Waals surface area contributed by atoms with Gasteiger partial charge in [-0.1, -0.05) is 30.3 Å². The molecule has 6 rings (SSSR count). The summed E-state index contributed by atoms with van der Waals surface area (Å²) in [5.74, 6) is 0.388. The Morgan fingerprint density at radius 1 is 1.09 bits per heavy atom. The molecule has 1 aromatic heterocycles. The number of fused-ring (bicyclic) bond motifs is 3. The van der Waals surface area contributed by atoms with Crippen molar-refractivity contribution in [1.82, 2.24) is 20.0 Å². The third kappa shape index (κ3) is 4.27. The van der Waals surface area contributed by atoms with Gasteiger partial charge in [-0.05, 0) is 55.4 Å². The van der Waals surface area contributed by atoms with Gasteiger partial charge in [-0.15, -0.1) is 0 Å². The molecule has 7 heteroatoms. The van der Waals surface area contributed by atoms with Crippen molar-refractivity contribution in [2.45, 2.75) is 56.9 Å². The number of aromatic nitrogens is 2. The molecule has 1 saturated carbocycles. The molecule has 3 aromatic rings. The van der Waals surface area contributed by atoms with Crippen molar-refractivity contribution < 1.29 is 13.9 Å². The van der Waals surface area contributed by atoms with E-state index in [1.165, 1.54) is 18.9 Å². The van der Waals surface area contributed by atoms with E-state index in [2.05, 4.69) is 10.2 Å². The Bertz CT molecular complexity index is 1160. The van der Waals surface area contributed by atoms with Crippen molar-refractivity contribution in [3.8, 4) is 0 Å². The molecule has 3 heterocycles. The van der Waals surface area contributed by atoms with Gasteiger partial charge in [0.25, 0.3) is 5.91 Å². The second-order valence-electron chi connectivity index (χ2n) is 9.78. The summed E-state index contributed by atoms with van der Waals surface area (Å²) in [5, 5.41) is 8.91. The summed E-state index contributed by atoms with van der Waals surface area (Å²) in [6, 6.07) is 15.3. The smallest absolute Gasteiger partial charge is 0.272 e. The van der Waals surface area contributed by atoms with E-state index < -0.39 is 0 Å². The second-order valence-corrected chi connectivity index (χ2v) is 9.78. The molecule has 1 amide bonds. The third-order valence-corrected chi connectivity index (χ3v) is 7.26. The Morgan fingerprint density at radius 2 is 1.88 bits per heavy atom. The van der Waals surface area contributed by atoms with Gasteiger partial charge in [-0.3, -0.25) is 14.4 Å². The van der Waals surface area contributed by atoms with Gasteiger partial charge >= 0.3 is 0 Å². The number of amides is 1. The van der Waals surface area contributed by atoms with Crippen LogP contribution in [0.4, 0.5) is 4.39 Å². The van der Waals surface area contributed by atoms with E-state index in [1.54, 1.807) is 12.1 Å². The van der Waals surface area contributed by atoms with Crippen LogP contribution in [0.3, 0.4) is 0 Å². The number of benzene rings is 2. The van der Waals surface area contributed by atoms with Crippen molar-refractivity contribution in [3.05, 3.63) is 65.6 Å². The van der Waals surface area contributed by atoms with Crippen molar-refractivity contribution in [3.63, 3.8) is 0 Å². The Kier molecular flexibility index (Phi) is 5.38. The van der Waals surface area contributed by atoms with E-state index in [4.69, 9.17) is 9.84 Å². The van der Waals surface area contributed by atoms with Crippen LogP contribution in [-0.4, -0.2) is 51.9 Å². The molecule has 0 unspecified atom stereocenters. The predicted molar refractivity (Wildman–Crippen MR) is 123 cm³/mol. The monoisotopic (exact) mass is 448 g/mol. The van der Waals surface area contributed by atoms with E-state index >= 15 is 0 Å². The summed E-state index contributed by atoms with van der Waals surface area (Å²) in [4.78, 5) is 15.7. The average Bonchev–Trinajstić information content (AvgIpc) is 3.54. The van der Waals surface area contributed by atoms with Crippen LogP contribution in [0, 0.1) is 11.7 Å². The first kappa shape index (κ1) is 20.8. The highest BCUT2D eigenvalue weighted by Crippen LogP contribution is 2.33. The molecule has 2 aliphatic heterocycles. The first-order valence-electron chi connectivity index (χ1n) is 12.0. The topological polar surface area (TPSA) is 59.4 Å². The Hall–Kier alpha value is -2.77. The molecule has 3 fully saturated rings. The van der Waals surface area contributed by atoms with E-state index in [9.17, 15) is 9.18 Å². The summed E-state index contributed by atoms with van der Waals surface area (Å²) in [6.45, 7) is 2.86.